The van der Waals surface area contributed by atoms with E-state index in [1.54, 1.807) is 12.1 Å². The van der Waals surface area contributed by atoms with Crippen molar-refractivity contribution in [1.82, 2.24) is 15.1 Å². The topological polar surface area (TPSA) is 86.8 Å². The molecule has 3 rings (SSSR count). The van der Waals surface area contributed by atoms with Gasteiger partial charge in [0.2, 0.25) is 23.6 Å². The van der Waals surface area contributed by atoms with Crippen LogP contribution in [0.25, 0.3) is 0 Å². The Morgan fingerprint density at radius 3 is 2.24 bits per heavy atom. The van der Waals surface area contributed by atoms with E-state index in [0.29, 0.717) is 31.4 Å². The molecule has 0 saturated carbocycles. The fourth-order valence-corrected chi connectivity index (χ4v) is 4.51. The number of carbonyl (C=O) groups excluding carboxylic acids is 4. The van der Waals surface area contributed by atoms with Crippen molar-refractivity contribution < 1.29 is 23.6 Å². The van der Waals surface area contributed by atoms with E-state index in [1.807, 2.05) is 26.0 Å². The van der Waals surface area contributed by atoms with Crippen LogP contribution < -0.4 is 5.32 Å². The molecule has 1 aromatic carbocycles. The number of nitrogens with zero attached hydrogens (tertiary/aromatic N) is 2. The average molecular weight is 458 g/mol. The number of allylic oxidation sites excluding steroid dienone is 2. The SMILES string of the molecule is CCCNC(=O)C(CC)N(Cc1ccc(F)cc1)C(=O)CCN1C(=O)[C@H]2CC=CC[C@H]2C1=O. The van der Waals surface area contributed by atoms with Crippen molar-refractivity contribution in [2.24, 2.45) is 11.8 Å². The molecule has 0 radical (unpaired) electrons. The minimum absolute atomic E-state index is 0.00354. The number of fused-ring (bicyclic) bond motifs is 1. The maximum atomic E-state index is 13.3. The fraction of sp³-hybridized carbons (Fsp3) is 0.520. The molecule has 178 valence electrons. The Bertz CT molecular complexity index is 889. The van der Waals surface area contributed by atoms with E-state index >= 15 is 0 Å². The highest BCUT2D eigenvalue weighted by Gasteiger charge is 2.47. The monoisotopic (exact) mass is 457 g/mol. The maximum Gasteiger partial charge on any atom is 0.242 e. The second-order valence-corrected chi connectivity index (χ2v) is 8.60. The molecule has 1 aromatic rings. The van der Waals surface area contributed by atoms with Gasteiger partial charge in [0.25, 0.3) is 0 Å². The summed E-state index contributed by atoms with van der Waals surface area (Å²) in [5.74, 6) is -2.08. The number of carbonyl (C=O) groups is 4. The summed E-state index contributed by atoms with van der Waals surface area (Å²) in [6.07, 6.45) is 6.05. The summed E-state index contributed by atoms with van der Waals surface area (Å²) in [4.78, 5) is 54.2. The van der Waals surface area contributed by atoms with E-state index < -0.39 is 6.04 Å². The van der Waals surface area contributed by atoms with Gasteiger partial charge in [0, 0.05) is 26.1 Å². The zero-order valence-electron chi connectivity index (χ0n) is 19.3. The minimum Gasteiger partial charge on any atom is -0.354 e. The number of hydrogen-bond acceptors (Lipinski definition) is 4. The Morgan fingerprint density at radius 1 is 1.09 bits per heavy atom. The van der Waals surface area contributed by atoms with Gasteiger partial charge in [0.05, 0.1) is 11.8 Å². The Hall–Kier alpha value is -3.03. The molecular formula is C25H32FN3O4. The Labute approximate surface area is 194 Å². The summed E-state index contributed by atoms with van der Waals surface area (Å²) >= 11 is 0. The van der Waals surface area contributed by atoms with E-state index in [4.69, 9.17) is 0 Å². The van der Waals surface area contributed by atoms with Crippen LogP contribution >= 0.6 is 0 Å². The van der Waals surface area contributed by atoms with E-state index in [0.717, 1.165) is 6.42 Å². The lowest BCUT2D eigenvalue weighted by molar-refractivity contribution is -0.144. The zero-order valence-corrected chi connectivity index (χ0v) is 19.3. The van der Waals surface area contributed by atoms with Crippen LogP contribution in [0.4, 0.5) is 4.39 Å². The first-order valence-electron chi connectivity index (χ1n) is 11.7. The number of nitrogens with one attached hydrogen (secondary N) is 1. The lowest BCUT2D eigenvalue weighted by Crippen LogP contribution is -2.49. The largest absolute Gasteiger partial charge is 0.354 e. The number of halogens is 1. The number of likely N-dealkylation sites (tertiary alicyclic amines) is 1. The lowest BCUT2D eigenvalue weighted by Gasteiger charge is -2.31. The van der Waals surface area contributed by atoms with Crippen LogP contribution in [0.3, 0.4) is 0 Å². The molecule has 1 saturated heterocycles. The molecule has 0 bridgehead atoms. The van der Waals surface area contributed by atoms with Gasteiger partial charge in [0.15, 0.2) is 0 Å². The van der Waals surface area contributed by atoms with E-state index in [9.17, 15) is 23.6 Å². The Kier molecular flexibility index (Phi) is 8.36. The fourth-order valence-electron chi connectivity index (χ4n) is 4.51. The number of benzene rings is 1. The first kappa shape index (κ1) is 24.6. The normalized spacial score (nSPS) is 20.5. The summed E-state index contributed by atoms with van der Waals surface area (Å²) in [6, 6.07) is 5.08. The van der Waals surface area contributed by atoms with Crippen LogP contribution in [-0.2, 0) is 25.7 Å². The Balaban J connectivity index is 1.73. The van der Waals surface area contributed by atoms with Gasteiger partial charge in [-0.05, 0) is 43.4 Å². The smallest absolute Gasteiger partial charge is 0.242 e. The highest BCUT2D eigenvalue weighted by atomic mass is 19.1. The zero-order chi connectivity index (χ0) is 24.0. The van der Waals surface area contributed by atoms with E-state index in [1.165, 1.54) is 21.9 Å². The number of amides is 4. The molecule has 7 nitrogen and oxygen atoms in total. The molecule has 3 atom stereocenters. The van der Waals surface area contributed by atoms with Crippen LogP contribution in [-0.4, -0.2) is 52.6 Å². The molecule has 0 spiro atoms. The average Bonchev–Trinajstić information content (AvgIpc) is 3.07. The summed E-state index contributed by atoms with van der Waals surface area (Å²) in [6.45, 7) is 4.40. The third-order valence-corrected chi connectivity index (χ3v) is 6.35. The van der Waals surface area contributed by atoms with Gasteiger partial charge in [-0.15, -0.1) is 0 Å². The number of imide groups is 1. The van der Waals surface area contributed by atoms with Crippen molar-refractivity contribution >= 4 is 23.6 Å². The van der Waals surface area contributed by atoms with Gasteiger partial charge >= 0.3 is 0 Å². The van der Waals surface area contributed by atoms with Crippen LogP contribution in [0.15, 0.2) is 36.4 Å². The van der Waals surface area contributed by atoms with Crippen molar-refractivity contribution in [2.45, 2.75) is 58.5 Å². The molecular weight excluding hydrogens is 425 g/mol. The van der Waals surface area contributed by atoms with Gasteiger partial charge in [-0.3, -0.25) is 24.1 Å². The van der Waals surface area contributed by atoms with Gasteiger partial charge in [-0.25, -0.2) is 4.39 Å². The van der Waals surface area contributed by atoms with Gasteiger partial charge < -0.3 is 10.2 Å². The highest BCUT2D eigenvalue weighted by molar-refractivity contribution is 6.05. The molecule has 1 N–H and O–H groups in total. The van der Waals surface area contributed by atoms with Crippen molar-refractivity contribution in [1.29, 1.82) is 0 Å². The number of rotatable bonds is 10. The quantitative estimate of drug-likeness (QED) is 0.432. The molecule has 1 fully saturated rings. The minimum atomic E-state index is -0.703. The summed E-state index contributed by atoms with van der Waals surface area (Å²) in [7, 11) is 0. The second kappa shape index (κ2) is 11.2. The first-order valence-corrected chi connectivity index (χ1v) is 11.7. The first-order chi connectivity index (χ1) is 15.9. The van der Waals surface area contributed by atoms with Crippen molar-refractivity contribution in [3.8, 4) is 0 Å². The maximum absolute atomic E-state index is 13.3. The molecule has 0 aromatic heterocycles. The van der Waals surface area contributed by atoms with Gasteiger partial charge in [-0.2, -0.15) is 0 Å². The van der Waals surface area contributed by atoms with Crippen LogP contribution in [0, 0.1) is 17.7 Å². The van der Waals surface area contributed by atoms with Crippen molar-refractivity contribution in [3.05, 3.63) is 47.8 Å². The van der Waals surface area contributed by atoms with Crippen molar-refractivity contribution in [2.75, 3.05) is 13.1 Å². The molecule has 33 heavy (non-hydrogen) atoms. The van der Waals surface area contributed by atoms with Gasteiger partial charge in [0.1, 0.15) is 11.9 Å². The lowest BCUT2D eigenvalue weighted by atomic mass is 9.85. The molecule has 1 aliphatic heterocycles. The van der Waals surface area contributed by atoms with Crippen LogP contribution in [0.2, 0.25) is 0 Å². The molecule has 1 aliphatic carbocycles. The van der Waals surface area contributed by atoms with Crippen LogP contribution in [0.1, 0.15) is 51.5 Å². The molecule has 1 unspecified atom stereocenters. The third-order valence-electron chi connectivity index (χ3n) is 6.35. The number of hydrogen-bond donors (Lipinski definition) is 1. The molecule has 4 amide bonds. The summed E-state index contributed by atoms with van der Waals surface area (Å²) in [5.41, 5.74) is 0.692. The second-order valence-electron chi connectivity index (χ2n) is 8.60. The van der Waals surface area contributed by atoms with Crippen LogP contribution in [0.5, 0.6) is 0 Å². The highest BCUT2D eigenvalue weighted by Crippen LogP contribution is 2.35. The standard InChI is InChI=1S/C25H32FN3O4/c1-3-14-27-23(31)21(4-2)29(16-17-9-11-18(26)12-10-17)22(30)13-15-28-24(32)19-7-5-6-8-20(19)25(28)33/h5-6,9-12,19-21H,3-4,7-8,13-16H2,1-2H3,(H,27,31)/t19-,20+,21?. The van der Waals surface area contributed by atoms with E-state index in [2.05, 4.69) is 5.32 Å². The predicted octanol–water partition coefficient (Wildman–Crippen LogP) is 2.80. The van der Waals surface area contributed by atoms with Gasteiger partial charge in [-0.1, -0.05) is 38.1 Å². The Morgan fingerprint density at radius 2 is 1.70 bits per heavy atom. The van der Waals surface area contributed by atoms with Crippen molar-refractivity contribution in [3.63, 3.8) is 0 Å². The van der Waals surface area contributed by atoms with E-state index in [-0.39, 0.29) is 60.8 Å². The molecule has 1 heterocycles. The molecule has 8 heteroatoms. The predicted molar refractivity (Wildman–Crippen MR) is 121 cm³/mol. The third kappa shape index (κ3) is 5.67. The molecule has 2 aliphatic rings. The summed E-state index contributed by atoms with van der Waals surface area (Å²) in [5, 5.41) is 2.84. The summed E-state index contributed by atoms with van der Waals surface area (Å²) < 4.78 is 13.3.